The van der Waals surface area contributed by atoms with Crippen molar-refractivity contribution in [3.8, 4) is 11.6 Å². The highest BCUT2D eigenvalue weighted by Crippen LogP contribution is 2.26. The quantitative estimate of drug-likeness (QED) is 0.752. The highest BCUT2D eigenvalue weighted by atomic mass is 16.5. The van der Waals surface area contributed by atoms with Crippen molar-refractivity contribution in [3.05, 3.63) is 36.2 Å². The minimum absolute atomic E-state index is 0.470. The minimum atomic E-state index is 0.470. The van der Waals surface area contributed by atoms with Crippen LogP contribution in [0.4, 0.5) is 5.95 Å². The lowest BCUT2D eigenvalue weighted by molar-refractivity contribution is 0.467. The number of fused-ring (bicyclic) bond motifs is 1. The number of hydrogen-bond donors (Lipinski definition) is 2. The number of ether oxygens (including phenoxy) is 1. The minimum Gasteiger partial charge on any atom is -0.437 e. The van der Waals surface area contributed by atoms with Gasteiger partial charge >= 0.3 is 0 Å². The van der Waals surface area contributed by atoms with Crippen LogP contribution in [-0.2, 0) is 6.42 Å². The van der Waals surface area contributed by atoms with Crippen LogP contribution in [0.5, 0.6) is 11.6 Å². The molecule has 6 nitrogen and oxygen atoms in total. The Morgan fingerprint density at radius 1 is 1.14 bits per heavy atom. The van der Waals surface area contributed by atoms with Crippen LogP contribution >= 0.6 is 0 Å². The standard InChI is InChI=1S/C15H17N5O/c1-3-10-5-7-11(8-6-10)21-14-12-13(18-9-17-12)19-15(20-14)16-4-2/h5-9H,3-4H2,1-2H3,(H2,16,17,18,19,20). The fourth-order valence-electron chi connectivity index (χ4n) is 2.02. The number of H-pyrrole nitrogens is 1. The molecule has 6 heteroatoms. The molecule has 0 aliphatic carbocycles. The van der Waals surface area contributed by atoms with Gasteiger partial charge in [-0.15, -0.1) is 0 Å². The van der Waals surface area contributed by atoms with Crippen molar-refractivity contribution < 1.29 is 4.74 Å². The summed E-state index contributed by atoms with van der Waals surface area (Å²) in [7, 11) is 0. The molecule has 1 aromatic carbocycles. The van der Waals surface area contributed by atoms with Crippen LogP contribution < -0.4 is 10.1 Å². The van der Waals surface area contributed by atoms with Crippen LogP contribution in [-0.4, -0.2) is 26.5 Å². The number of anilines is 1. The first kappa shape index (κ1) is 13.4. The summed E-state index contributed by atoms with van der Waals surface area (Å²) in [4.78, 5) is 15.9. The molecule has 0 amide bonds. The molecule has 2 aromatic heterocycles. The molecule has 0 saturated heterocycles. The summed E-state index contributed by atoms with van der Waals surface area (Å²) >= 11 is 0. The number of hydrogen-bond acceptors (Lipinski definition) is 5. The predicted molar refractivity (Wildman–Crippen MR) is 81.7 cm³/mol. The van der Waals surface area contributed by atoms with Crippen molar-refractivity contribution in [3.63, 3.8) is 0 Å². The van der Waals surface area contributed by atoms with E-state index >= 15 is 0 Å². The van der Waals surface area contributed by atoms with E-state index in [1.165, 1.54) is 5.56 Å². The van der Waals surface area contributed by atoms with E-state index in [1.807, 2.05) is 31.2 Å². The molecule has 21 heavy (non-hydrogen) atoms. The highest BCUT2D eigenvalue weighted by Gasteiger charge is 2.11. The SMILES string of the molecule is CCNc1nc(Oc2ccc(CC)cc2)c2[nH]cnc2n1. The van der Waals surface area contributed by atoms with Gasteiger partial charge in [0.05, 0.1) is 6.33 Å². The highest BCUT2D eigenvalue weighted by molar-refractivity contribution is 5.77. The normalized spacial score (nSPS) is 10.8. The Bertz CT molecular complexity index is 735. The predicted octanol–water partition coefficient (Wildman–Crippen LogP) is 3.14. The summed E-state index contributed by atoms with van der Waals surface area (Å²) in [6, 6.07) is 7.98. The van der Waals surface area contributed by atoms with Gasteiger partial charge in [-0.2, -0.15) is 9.97 Å². The van der Waals surface area contributed by atoms with Crippen LogP contribution in [0.1, 0.15) is 19.4 Å². The first-order valence-electron chi connectivity index (χ1n) is 7.02. The monoisotopic (exact) mass is 283 g/mol. The molecule has 0 saturated carbocycles. The molecule has 3 aromatic rings. The van der Waals surface area contributed by atoms with Gasteiger partial charge in [0.2, 0.25) is 5.95 Å². The van der Waals surface area contributed by atoms with Gasteiger partial charge in [0, 0.05) is 6.54 Å². The van der Waals surface area contributed by atoms with E-state index in [2.05, 4.69) is 32.2 Å². The molecule has 0 aliphatic heterocycles. The number of nitrogens with one attached hydrogen (secondary N) is 2. The van der Waals surface area contributed by atoms with Crippen LogP contribution in [0, 0.1) is 0 Å². The van der Waals surface area contributed by atoms with Crippen LogP contribution in [0.25, 0.3) is 11.2 Å². The number of aryl methyl sites for hydroxylation is 1. The van der Waals surface area contributed by atoms with E-state index in [9.17, 15) is 0 Å². The van der Waals surface area contributed by atoms with Crippen molar-refractivity contribution in [1.29, 1.82) is 0 Å². The number of imidazole rings is 1. The van der Waals surface area contributed by atoms with Gasteiger partial charge in [-0.1, -0.05) is 19.1 Å². The van der Waals surface area contributed by atoms with Gasteiger partial charge < -0.3 is 15.0 Å². The number of rotatable bonds is 5. The summed E-state index contributed by atoms with van der Waals surface area (Å²) in [5.74, 6) is 1.72. The summed E-state index contributed by atoms with van der Waals surface area (Å²) in [6.07, 6.45) is 2.59. The molecule has 0 radical (unpaired) electrons. The zero-order valence-corrected chi connectivity index (χ0v) is 12.1. The largest absolute Gasteiger partial charge is 0.437 e. The molecular formula is C15H17N5O. The molecule has 2 N–H and O–H groups in total. The molecule has 0 spiro atoms. The zero-order chi connectivity index (χ0) is 14.7. The molecule has 108 valence electrons. The number of aromatic nitrogens is 4. The van der Waals surface area contributed by atoms with Gasteiger partial charge in [0.1, 0.15) is 11.3 Å². The van der Waals surface area contributed by atoms with Crippen LogP contribution in [0.15, 0.2) is 30.6 Å². The van der Waals surface area contributed by atoms with E-state index in [4.69, 9.17) is 4.74 Å². The molecule has 0 aliphatic rings. The smallest absolute Gasteiger partial charge is 0.250 e. The number of benzene rings is 1. The first-order valence-corrected chi connectivity index (χ1v) is 7.02. The van der Waals surface area contributed by atoms with Gasteiger partial charge in [-0.25, -0.2) is 4.98 Å². The zero-order valence-electron chi connectivity index (χ0n) is 12.1. The molecule has 0 atom stereocenters. The third-order valence-electron chi connectivity index (χ3n) is 3.13. The lowest BCUT2D eigenvalue weighted by Gasteiger charge is -2.08. The van der Waals surface area contributed by atoms with Crippen molar-refractivity contribution in [2.45, 2.75) is 20.3 Å². The second-order valence-electron chi connectivity index (χ2n) is 4.58. The van der Waals surface area contributed by atoms with E-state index in [-0.39, 0.29) is 0 Å². The number of aromatic amines is 1. The average molecular weight is 283 g/mol. The lowest BCUT2D eigenvalue weighted by atomic mass is 10.2. The molecule has 3 rings (SSSR count). The average Bonchev–Trinajstić information content (AvgIpc) is 2.97. The maximum absolute atomic E-state index is 5.87. The van der Waals surface area contributed by atoms with Gasteiger partial charge in [0.15, 0.2) is 5.65 Å². The Morgan fingerprint density at radius 3 is 2.67 bits per heavy atom. The molecule has 0 unspecified atom stereocenters. The topological polar surface area (TPSA) is 75.7 Å². The van der Waals surface area contributed by atoms with E-state index in [1.54, 1.807) is 6.33 Å². The lowest BCUT2D eigenvalue weighted by Crippen LogP contribution is -2.03. The van der Waals surface area contributed by atoms with Crippen LogP contribution in [0.3, 0.4) is 0 Å². The Hall–Kier alpha value is -2.63. The fourth-order valence-corrected chi connectivity index (χ4v) is 2.02. The Morgan fingerprint density at radius 2 is 1.95 bits per heavy atom. The molecular weight excluding hydrogens is 266 g/mol. The van der Waals surface area contributed by atoms with Crippen molar-refractivity contribution in [2.24, 2.45) is 0 Å². The van der Waals surface area contributed by atoms with Crippen molar-refractivity contribution in [1.82, 2.24) is 19.9 Å². The Labute approximate surface area is 122 Å². The third kappa shape index (κ3) is 2.79. The maximum atomic E-state index is 5.87. The number of nitrogens with zero attached hydrogens (tertiary/aromatic N) is 3. The second kappa shape index (κ2) is 5.78. The summed E-state index contributed by atoms with van der Waals surface area (Å²) in [5.41, 5.74) is 2.54. The van der Waals surface area contributed by atoms with Gasteiger partial charge in [0.25, 0.3) is 5.88 Å². The maximum Gasteiger partial charge on any atom is 0.250 e. The van der Waals surface area contributed by atoms with Crippen molar-refractivity contribution >= 4 is 17.1 Å². The first-order chi connectivity index (χ1) is 10.3. The molecule has 0 bridgehead atoms. The second-order valence-corrected chi connectivity index (χ2v) is 4.58. The van der Waals surface area contributed by atoms with Gasteiger partial charge in [-0.05, 0) is 31.0 Å². The summed E-state index contributed by atoms with van der Waals surface area (Å²) in [5, 5.41) is 3.08. The summed E-state index contributed by atoms with van der Waals surface area (Å²) < 4.78 is 5.87. The van der Waals surface area contributed by atoms with E-state index < -0.39 is 0 Å². The van der Waals surface area contributed by atoms with Gasteiger partial charge in [-0.3, -0.25) is 0 Å². The molecule has 0 fully saturated rings. The van der Waals surface area contributed by atoms with E-state index in [0.717, 1.165) is 18.7 Å². The summed E-state index contributed by atoms with van der Waals surface area (Å²) in [6.45, 7) is 4.85. The van der Waals surface area contributed by atoms with E-state index in [0.29, 0.717) is 23.0 Å². The van der Waals surface area contributed by atoms with Crippen LogP contribution in [0.2, 0.25) is 0 Å². The van der Waals surface area contributed by atoms with Crippen molar-refractivity contribution in [2.75, 3.05) is 11.9 Å². The Kier molecular flexibility index (Phi) is 3.68. The molecule has 2 heterocycles. The fraction of sp³-hybridized carbons (Fsp3) is 0.267. The third-order valence-corrected chi connectivity index (χ3v) is 3.13. The Balaban J connectivity index is 1.95.